The molecule has 0 aliphatic carbocycles. The van der Waals surface area contributed by atoms with Crippen LogP contribution in [0.2, 0.25) is 10.2 Å². The second-order valence-corrected chi connectivity index (χ2v) is 5.19. The molecule has 0 fully saturated rings. The predicted octanol–water partition coefficient (Wildman–Crippen LogP) is 2.68. The monoisotopic (exact) mass is 325 g/mol. The van der Waals surface area contributed by atoms with Crippen LogP contribution in [0.5, 0.6) is 0 Å². The number of rotatable bonds is 3. The fourth-order valence-corrected chi connectivity index (χ4v) is 2.00. The first-order chi connectivity index (χ1) is 9.90. The molecule has 6 nitrogen and oxygen atoms in total. The van der Waals surface area contributed by atoms with Gasteiger partial charge in [0.05, 0.1) is 11.4 Å². The summed E-state index contributed by atoms with van der Waals surface area (Å²) < 4.78 is 0. The number of nitrogen functional groups attached to an aromatic ring is 1. The Labute approximate surface area is 131 Å². The topological polar surface area (TPSA) is 84.1 Å². The van der Waals surface area contributed by atoms with Crippen molar-refractivity contribution in [1.82, 2.24) is 9.97 Å². The van der Waals surface area contributed by atoms with Gasteiger partial charge in [-0.3, -0.25) is 4.79 Å². The van der Waals surface area contributed by atoms with Crippen LogP contribution in [0.4, 0.5) is 17.2 Å². The van der Waals surface area contributed by atoms with Gasteiger partial charge in [0.1, 0.15) is 11.3 Å². The van der Waals surface area contributed by atoms with E-state index >= 15 is 0 Å². The zero-order valence-corrected chi connectivity index (χ0v) is 12.9. The second-order valence-electron chi connectivity index (χ2n) is 4.45. The lowest BCUT2D eigenvalue weighted by Crippen LogP contribution is -2.16. The summed E-state index contributed by atoms with van der Waals surface area (Å²) in [7, 11) is 3.74. The number of halogens is 2. The van der Waals surface area contributed by atoms with Crippen LogP contribution in [0.1, 0.15) is 10.4 Å². The highest BCUT2D eigenvalue weighted by Gasteiger charge is 2.13. The molecule has 8 heteroatoms. The van der Waals surface area contributed by atoms with Crippen LogP contribution in [0, 0.1) is 0 Å². The lowest BCUT2D eigenvalue weighted by atomic mass is 10.1. The second kappa shape index (κ2) is 6.15. The normalized spacial score (nSPS) is 10.3. The van der Waals surface area contributed by atoms with E-state index in [0.717, 1.165) is 5.69 Å². The maximum atomic E-state index is 12.2. The Morgan fingerprint density at radius 3 is 2.62 bits per heavy atom. The third-order valence-corrected chi connectivity index (χ3v) is 3.49. The SMILES string of the molecule is CN(C)c1ccc(C(=O)Nc2ncnc(Cl)c2Cl)cc1N. The van der Waals surface area contributed by atoms with Gasteiger partial charge in [0.15, 0.2) is 11.0 Å². The minimum atomic E-state index is -0.385. The number of aromatic nitrogens is 2. The van der Waals surface area contributed by atoms with Crippen LogP contribution < -0.4 is 16.0 Å². The molecule has 0 unspecified atom stereocenters. The summed E-state index contributed by atoms with van der Waals surface area (Å²) in [5, 5.41) is 2.73. The summed E-state index contributed by atoms with van der Waals surface area (Å²) in [4.78, 5) is 21.6. The molecule has 0 spiro atoms. The first-order valence-corrected chi connectivity index (χ1v) is 6.70. The molecule has 1 heterocycles. The average Bonchev–Trinajstić information content (AvgIpc) is 2.43. The lowest BCUT2D eigenvalue weighted by molar-refractivity contribution is 0.102. The predicted molar refractivity (Wildman–Crippen MR) is 85.2 cm³/mol. The van der Waals surface area contributed by atoms with Gasteiger partial charge >= 0.3 is 0 Å². The molecule has 2 aromatic rings. The van der Waals surface area contributed by atoms with E-state index in [4.69, 9.17) is 28.9 Å². The summed E-state index contributed by atoms with van der Waals surface area (Å²) in [5.41, 5.74) is 7.63. The highest BCUT2D eigenvalue weighted by molar-refractivity contribution is 6.43. The van der Waals surface area contributed by atoms with E-state index in [9.17, 15) is 4.79 Å². The Balaban J connectivity index is 2.25. The van der Waals surface area contributed by atoms with Crippen molar-refractivity contribution in [3.8, 4) is 0 Å². The van der Waals surface area contributed by atoms with E-state index in [1.165, 1.54) is 6.33 Å². The Kier molecular flexibility index (Phi) is 4.50. The highest BCUT2D eigenvalue weighted by Crippen LogP contribution is 2.27. The van der Waals surface area contributed by atoms with E-state index in [2.05, 4.69) is 15.3 Å². The molecule has 21 heavy (non-hydrogen) atoms. The highest BCUT2D eigenvalue weighted by atomic mass is 35.5. The number of nitrogens with zero attached hydrogens (tertiary/aromatic N) is 3. The van der Waals surface area contributed by atoms with Crippen LogP contribution in [0.15, 0.2) is 24.5 Å². The van der Waals surface area contributed by atoms with Gasteiger partial charge in [0.2, 0.25) is 0 Å². The van der Waals surface area contributed by atoms with Gasteiger partial charge in [0.25, 0.3) is 5.91 Å². The molecule has 1 aromatic carbocycles. The first-order valence-electron chi connectivity index (χ1n) is 5.94. The fourth-order valence-electron chi connectivity index (χ4n) is 1.72. The molecule has 0 saturated heterocycles. The van der Waals surface area contributed by atoms with Crippen molar-refractivity contribution in [2.75, 3.05) is 30.0 Å². The van der Waals surface area contributed by atoms with Crippen molar-refractivity contribution in [2.24, 2.45) is 0 Å². The summed E-state index contributed by atoms with van der Waals surface area (Å²) in [6, 6.07) is 5.01. The van der Waals surface area contributed by atoms with Crippen LogP contribution >= 0.6 is 23.2 Å². The zero-order valence-electron chi connectivity index (χ0n) is 11.4. The largest absolute Gasteiger partial charge is 0.397 e. The minimum Gasteiger partial charge on any atom is -0.397 e. The van der Waals surface area contributed by atoms with Crippen molar-refractivity contribution in [3.05, 3.63) is 40.3 Å². The van der Waals surface area contributed by atoms with Gasteiger partial charge in [-0.05, 0) is 18.2 Å². The fraction of sp³-hybridized carbons (Fsp3) is 0.154. The average molecular weight is 326 g/mol. The van der Waals surface area contributed by atoms with Crippen molar-refractivity contribution in [3.63, 3.8) is 0 Å². The number of carbonyl (C=O) groups is 1. The minimum absolute atomic E-state index is 0.0736. The van der Waals surface area contributed by atoms with Gasteiger partial charge in [-0.1, -0.05) is 23.2 Å². The smallest absolute Gasteiger partial charge is 0.256 e. The Hall–Kier alpha value is -2.05. The molecular weight excluding hydrogens is 313 g/mol. The summed E-state index contributed by atoms with van der Waals surface area (Å²) >= 11 is 11.7. The number of hydrogen-bond donors (Lipinski definition) is 2. The maximum Gasteiger partial charge on any atom is 0.256 e. The third kappa shape index (κ3) is 3.34. The maximum absolute atomic E-state index is 12.2. The summed E-state index contributed by atoms with van der Waals surface area (Å²) in [6.07, 6.45) is 1.22. The Bertz CT molecular complexity index is 690. The molecule has 1 aromatic heterocycles. The van der Waals surface area contributed by atoms with Crippen LogP contribution in [0.25, 0.3) is 0 Å². The number of benzene rings is 1. The molecule has 0 bridgehead atoms. The van der Waals surface area contributed by atoms with E-state index in [-0.39, 0.29) is 21.9 Å². The number of nitrogens with one attached hydrogen (secondary N) is 1. The molecule has 3 N–H and O–H groups in total. The van der Waals surface area contributed by atoms with Crippen LogP contribution in [-0.4, -0.2) is 30.0 Å². The molecule has 2 rings (SSSR count). The van der Waals surface area contributed by atoms with E-state index < -0.39 is 0 Å². The molecule has 0 saturated carbocycles. The third-order valence-electron chi connectivity index (χ3n) is 2.75. The lowest BCUT2D eigenvalue weighted by Gasteiger charge is -2.16. The number of anilines is 3. The van der Waals surface area contributed by atoms with Gasteiger partial charge in [0, 0.05) is 19.7 Å². The molecule has 0 atom stereocenters. The van der Waals surface area contributed by atoms with Crippen LogP contribution in [-0.2, 0) is 0 Å². The van der Waals surface area contributed by atoms with Gasteiger partial charge in [-0.15, -0.1) is 0 Å². The van der Waals surface area contributed by atoms with E-state index in [0.29, 0.717) is 11.3 Å². The molecular formula is C13H13Cl2N5O. The Morgan fingerprint density at radius 2 is 2.00 bits per heavy atom. The standard InChI is InChI=1S/C13H13Cl2N5O/c1-20(2)9-4-3-7(5-8(9)16)13(21)19-12-10(14)11(15)17-6-18-12/h3-6H,16H2,1-2H3,(H,17,18,19,21). The van der Waals surface area contributed by atoms with E-state index in [1.54, 1.807) is 18.2 Å². The van der Waals surface area contributed by atoms with E-state index in [1.807, 2.05) is 19.0 Å². The van der Waals surface area contributed by atoms with Crippen molar-refractivity contribution in [2.45, 2.75) is 0 Å². The zero-order chi connectivity index (χ0) is 15.6. The molecule has 0 aliphatic heterocycles. The molecule has 0 radical (unpaired) electrons. The van der Waals surface area contributed by atoms with Crippen LogP contribution in [0.3, 0.4) is 0 Å². The number of hydrogen-bond acceptors (Lipinski definition) is 5. The summed E-state index contributed by atoms with van der Waals surface area (Å²) in [5.74, 6) is -0.236. The molecule has 0 aliphatic rings. The van der Waals surface area contributed by atoms with Gasteiger partial charge in [-0.25, -0.2) is 9.97 Å². The quantitative estimate of drug-likeness (QED) is 0.669. The molecule has 110 valence electrons. The van der Waals surface area contributed by atoms with Gasteiger partial charge in [-0.2, -0.15) is 0 Å². The van der Waals surface area contributed by atoms with Crippen molar-refractivity contribution >= 4 is 46.3 Å². The number of nitrogens with two attached hydrogens (primary N) is 1. The van der Waals surface area contributed by atoms with Crippen molar-refractivity contribution < 1.29 is 4.79 Å². The van der Waals surface area contributed by atoms with Crippen molar-refractivity contribution in [1.29, 1.82) is 0 Å². The molecule has 1 amide bonds. The summed E-state index contributed by atoms with van der Waals surface area (Å²) in [6.45, 7) is 0. The Morgan fingerprint density at radius 1 is 1.29 bits per heavy atom. The number of carbonyl (C=O) groups excluding carboxylic acids is 1. The first kappa shape index (κ1) is 15.3. The van der Waals surface area contributed by atoms with Gasteiger partial charge < -0.3 is 16.0 Å². The number of amides is 1.